The number of carbonyl (C=O) groups is 2. The van der Waals surface area contributed by atoms with Crippen LogP contribution in [0.2, 0.25) is 0 Å². The van der Waals surface area contributed by atoms with Gasteiger partial charge in [0, 0.05) is 78.6 Å². The van der Waals surface area contributed by atoms with Crippen LogP contribution in [0.25, 0.3) is 0 Å². The molecule has 0 aliphatic carbocycles. The molecular weight excluding hydrogens is 704 g/mol. The third-order valence-electron chi connectivity index (χ3n) is 8.46. The maximum atomic E-state index is 12.6. The summed E-state index contributed by atoms with van der Waals surface area (Å²) in [5, 5.41) is 97.3. The summed E-state index contributed by atoms with van der Waals surface area (Å²) in [4.78, 5) is 23.4. The van der Waals surface area contributed by atoms with Crippen LogP contribution in [0.5, 0.6) is 0 Å². The van der Waals surface area contributed by atoms with Gasteiger partial charge < -0.3 is 76.8 Å². The minimum atomic E-state index is -1.79. The van der Waals surface area contributed by atoms with Crippen LogP contribution in [0.4, 0.5) is 0 Å². The molecular formula is C30H54N12O11. The van der Waals surface area contributed by atoms with E-state index in [2.05, 4.69) is 52.5 Å². The van der Waals surface area contributed by atoms with Crippen LogP contribution in [0.15, 0.2) is 12.4 Å². The van der Waals surface area contributed by atoms with Gasteiger partial charge in [-0.05, 0) is 6.92 Å². The lowest BCUT2D eigenvalue weighted by atomic mass is 9.97. The predicted octanol–water partition coefficient (Wildman–Crippen LogP) is -7.27. The van der Waals surface area contributed by atoms with Gasteiger partial charge in [-0.2, -0.15) is 0 Å². The molecule has 0 spiro atoms. The summed E-state index contributed by atoms with van der Waals surface area (Å²) in [5.41, 5.74) is 0.605. The van der Waals surface area contributed by atoms with Crippen molar-refractivity contribution in [2.45, 2.75) is 88.3 Å². The highest BCUT2D eigenvalue weighted by molar-refractivity contribution is 5.91. The SMILES string of the molecule is CC(=O)NCCNCCNCCNCCNCCNC(=O)c1cn(C[C@H]2O[C@@H](OC3OC(Cn4cc(C)nn4)[C@@H](O)[C@H](O)[C@@H]3O)C(O)C(O)C2O)nn1. The summed E-state index contributed by atoms with van der Waals surface area (Å²) in [6.07, 6.45) is -12.8. The maximum absolute atomic E-state index is 12.6. The number of aromatic nitrogens is 6. The van der Waals surface area contributed by atoms with Gasteiger partial charge in [-0.25, -0.2) is 9.36 Å². The Labute approximate surface area is 305 Å². The molecule has 300 valence electrons. The average Bonchev–Trinajstić information content (AvgIpc) is 3.78. The fourth-order valence-electron chi connectivity index (χ4n) is 5.55. The summed E-state index contributed by atoms with van der Waals surface area (Å²) in [7, 11) is 0. The van der Waals surface area contributed by atoms with Crippen molar-refractivity contribution in [1.29, 1.82) is 0 Å². The van der Waals surface area contributed by atoms with Crippen LogP contribution >= 0.6 is 0 Å². The van der Waals surface area contributed by atoms with Crippen LogP contribution < -0.4 is 31.9 Å². The number of ether oxygens (including phenoxy) is 3. The highest BCUT2D eigenvalue weighted by atomic mass is 16.8. The molecule has 53 heavy (non-hydrogen) atoms. The van der Waals surface area contributed by atoms with Crippen LogP contribution in [0.3, 0.4) is 0 Å². The van der Waals surface area contributed by atoms with Gasteiger partial charge in [0.25, 0.3) is 5.91 Å². The lowest BCUT2D eigenvalue weighted by Gasteiger charge is -2.45. The number of rotatable bonds is 22. The van der Waals surface area contributed by atoms with Gasteiger partial charge in [0.05, 0.1) is 25.0 Å². The molecule has 0 bridgehead atoms. The van der Waals surface area contributed by atoms with E-state index in [0.29, 0.717) is 31.9 Å². The zero-order valence-corrected chi connectivity index (χ0v) is 29.8. The fraction of sp³-hybridized carbons (Fsp3) is 0.800. The van der Waals surface area contributed by atoms with E-state index >= 15 is 0 Å². The largest absolute Gasteiger partial charge is 0.388 e. The summed E-state index contributed by atoms with van der Waals surface area (Å²) in [6.45, 7) is 9.81. The molecule has 2 aromatic rings. The van der Waals surface area contributed by atoms with Crippen molar-refractivity contribution in [2.24, 2.45) is 0 Å². The molecule has 23 heteroatoms. The van der Waals surface area contributed by atoms with Gasteiger partial charge in [-0.15, -0.1) is 10.2 Å². The first-order valence-electron chi connectivity index (χ1n) is 17.6. The normalized spacial score (nSPS) is 28.9. The van der Waals surface area contributed by atoms with Crippen molar-refractivity contribution in [3.63, 3.8) is 0 Å². The van der Waals surface area contributed by atoms with E-state index in [4.69, 9.17) is 14.2 Å². The zero-order valence-electron chi connectivity index (χ0n) is 29.8. The first-order valence-corrected chi connectivity index (χ1v) is 17.6. The maximum Gasteiger partial charge on any atom is 0.273 e. The Balaban J connectivity index is 1.13. The molecule has 0 radical (unpaired) electrons. The van der Waals surface area contributed by atoms with E-state index in [1.807, 2.05) is 0 Å². The summed E-state index contributed by atoms with van der Waals surface area (Å²) < 4.78 is 19.6. The number of carbonyl (C=O) groups excluding carboxylic acids is 2. The van der Waals surface area contributed by atoms with Crippen LogP contribution in [-0.2, 0) is 32.1 Å². The Morgan fingerprint density at radius 3 is 1.53 bits per heavy atom. The number of hydrogen-bond donors (Lipinski definition) is 12. The van der Waals surface area contributed by atoms with Crippen LogP contribution in [0, 0.1) is 6.92 Å². The molecule has 2 amide bonds. The first-order chi connectivity index (χ1) is 25.4. The molecule has 2 aliphatic rings. The first kappa shape index (κ1) is 42.4. The van der Waals surface area contributed by atoms with Gasteiger partial charge in [-0.3, -0.25) is 9.59 Å². The lowest BCUT2D eigenvalue weighted by molar-refractivity contribution is -0.375. The van der Waals surface area contributed by atoms with Crippen LogP contribution in [-0.4, -0.2) is 199 Å². The van der Waals surface area contributed by atoms with E-state index in [-0.39, 0.29) is 24.7 Å². The number of amides is 2. The van der Waals surface area contributed by atoms with E-state index in [9.17, 15) is 40.2 Å². The van der Waals surface area contributed by atoms with Crippen molar-refractivity contribution in [3.8, 4) is 0 Å². The zero-order chi connectivity index (χ0) is 38.3. The third kappa shape index (κ3) is 13.2. The van der Waals surface area contributed by atoms with Gasteiger partial charge in [0.1, 0.15) is 48.8 Å². The molecule has 0 aromatic carbocycles. The molecule has 5 unspecified atom stereocenters. The average molecular weight is 759 g/mol. The molecule has 23 nitrogen and oxygen atoms in total. The van der Waals surface area contributed by atoms with Gasteiger partial charge >= 0.3 is 0 Å². The number of hydrogen-bond acceptors (Lipinski definition) is 19. The van der Waals surface area contributed by atoms with Crippen LogP contribution in [0.1, 0.15) is 23.1 Å². The van der Waals surface area contributed by atoms with Crippen molar-refractivity contribution < 1.29 is 54.4 Å². The summed E-state index contributed by atoms with van der Waals surface area (Å²) in [6, 6.07) is 0. The molecule has 2 fully saturated rings. The molecule has 2 saturated heterocycles. The monoisotopic (exact) mass is 758 g/mol. The topological polar surface area (TPSA) is 317 Å². The summed E-state index contributed by atoms with van der Waals surface area (Å²) in [5.74, 6) is -0.516. The Morgan fingerprint density at radius 1 is 0.642 bits per heavy atom. The molecule has 2 aromatic heterocycles. The van der Waals surface area contributed by atoms with Crippen molar-refractivity contribution in [1.82, 2.24) is 61.9 Å². The molecule has 10 atom stereocenters. The quantitative estimate of drug-likeness (QED) is 0.0496. The van der Waals surface area contributed by atoms with Gasteiger partial charge in [-0.1, -0.05) is 10.4 Å². The second-order valence-corrected chi connectivity index (χ2v) is 12.8. The van der Waals surface area contributed by atoms with E-state index in [0.717, 1.165) is 39.3 Å². The van der Waals surface area contributed by atoms with Gasteiger partial charge in [0.15, 0.2) is 18.3 Å². The van der Waals surface area contributed by atoms with Crippen molar-refractivity contribution in [2.75, 3.05) is 65.4 Å². The number of aryl methyl sites for hydroxylation is 1. The predicted molar refractivity (Wildman–Crippen MR) is 182 cm³/mol. The Morgan fingerprint density at radius 2 is 1.08 bits per heavy atom. The molecule has 4 heterocycles. The Bertz CT molecular complexity index is 1390. The van der Waals surface area contributed by atoms with E-state index < -0.39 is 67.3 Å². The third-order valence-corrected chi connectivity index (χ3v) is 8.46. The number of aliphatic hydroxyl groups is 6. The van der Waals surface area contributed by atoms with E-state index in [1.54, 1.807) is 13.1 Å². The van der Waals surface area contributed by atoms with E-state index in [1.165, 1.54) is 22.5 Å². The lowest BCUT2D eigenvalue weighted by Crippen LogP contribution is -2.63. The van der Waals surface area contributed by atoms with Crippen molar-refractivity contribution in [3.05, 3.63) is 23.8 Å². The number of nitrogens with zero attached hydrogens (tertiary/aromatic N) is 6. The molecule has 2 aliphatic heterocycles. The molecule has 0 saturated carbocycles. The molecule has 12 N–H and O–H groups in total. The minimum absolute atomic E-state index is 0.000618. The fourth-order valence-corrected chi connectivity index (χ4v) is 5.55. The summed E-state index contributed by atoms with van der Waals surface area (Å²) >= 11 is 0. The second-order valence-electron chi connectivity index (χ2n) is 12.8. The standard InChI is InChI=1S/C30H54N12O11/c1-17-13-41(39-37-17)15-20-22(44)24(46)26(48)29(51-20)53-30-27(49)25(47)23(45)21(52-30)16-42-14-19(38-40-42)28(50)36-12-10-34-8-6-32-4-3-31-5-7-33-9-11-35-18(2)43/h13-14,20-27,29-34,44-49H,3-12,15-16H2,1-2H3,(H,35,43)(H,36,50)/t20?,21-,22-,23?,24+,25?,26+,27?,29?,30+/m1/s1. The second kappa shape index (κ2) is 21.6. The highest BCUT2D eigenvalue weighted by Crippen LogP contribution is 2.29. The minimum Gasteiger partial charge on any atom is -0.388 e. The number of nitrogens with one attached hydrogen (secondary N) is 6. The molecule has 4 rings (SSSR count). The van der Waals surface area contributed by atoms with Crippen molar-refractivity contribution >= 4 is 11.8 Å². The van der Waals surface area contributed by atoms with Gasteiger partial charge in [0.2, 0.25) is 5.91 Å². The Kier molecular flexibility index (Phi) is 17.3. The number of aliphatic hydroxyl groups excluding tert-OH is 6. The smallest absolute Gasteiger partial charge is 0.273 e. The Hall–Kier alpha value is -3.30. The highest BCUT2D eigenvalue weighted by Gasteiger charge is 2.50.